The zero-order valence-electron chi connectivity index (χ0n) is 13.1. The number of fused-ring (bicyclic) bond motifs is 1. The van der Waals surface area contributed by atoms with Crippen LogP contribution in [0.1, 0.15) is 43.2 Å². The van der Waals surface area contributed by atoms with Crippen molar-refractivity contribution in [2.45, 2.75) is 50.0 Å². The first kappa shape index (κ1) is 13.4. The van der Waals surface area contributed by atoms with Gasteiger partial charge in [-0.3, -0.25) is 0 Å². The molecule has 1 aromatic rings. The number of piperidine rings is 1. The van der Waals surface area contributed by atoms with Gasteiger partial charge in [0.05, 0.1) is 7.11 Å². The molecule has 3 atom stereocenters. The van der Waals surface area contributed by atoms with Gasteiger partial charge in [0.25, 0.3) is 0 Å². The van der Waals surface area contributed by atoms with Crippen LogP contribution in [0, 0.1) is 5.92 Å². The van der Waals surface area contributed by atoms with Crippen LogP contribution < -0.4 is 4.74 Å². The number of likely N-dealkylation sites (N-methyl/N-ethyl adjacent to an activating group) is 1. The molecule has 1 saturated carbocycles. The number of phenols is 1. The molecule has 1 N–H and O–H groups in total. The Morgan fingerprint density at radius 2 is 2.14 bits per heavy atom. The molecule has 3 aliphatic rings. The molecule has 1 aromatic carbocycles. The normalized spacial score (nSPS) is 35.0. The molecule has 21 heavy (non-hydrogen) atoms. The van der Waals surface area contributed by atoms with Crippen LogP contribution in [0.25, 0.3) is 0 Å². The summed E-state index contributed by atoms with van der Waals surface area (Å²) in [4.78, 5) is 2.55. The maximum atomic E-state index is 10.8. The van der Waals surface area contributed by atoms with Crippen molar-refractivity contribution >= 4 is 0 Å². The molecule has 2 aliphatic carbocycles. The first-order valence-corrected chi connectivity index (χ1v) is 8.27. The number of benzene rings is 1. The molecular weight excluding hydrogens is 262 g/mol. The fraction of sp³-hybridized carbons (Fsp3) is 0.667. The van der Waals surface area contributed by atoms with E-state index in [1.165, 1.54) is 43.2 Å². The van der Waals surface area contributed by atoms with Crippen molar-refractivity contribution in [3.63, 3.8) is 0 Å². The van der Waals surface area contributed by atoms with E-state index in [9.17, 15) is 5.11 Å². The van der Waals surface area contributed by atoms with Crippen molar-refractivity contribution in [2.75, 3.05) is 20.7 Å². The van der Waals surface area contributed by atoms with Gasteiger partial charge in [0.15, 0.2) is 11.5 Å². The Labute approximate surface area is 126 Å². The van der Waals surface area contributed by atoms with Gasteiger partial charge in [0.2, 0.25) is 0 Å². The lowest BCUT2D eigenvalue weighted by Crippen LogP contribution is -2.59. The van der Waals surface area contributed by atoms with Gasteiger partial charge in [-0.25, -0.2) is 0 Å². The smallest absolute Gasteiger partial charge is 0.161 e. The second-order valence-electron chi connectivity index (χ2n) is 7.16. The predicted molar refractivity (Wildman–Crippen MR) is 83.0 cm³/mol. The van der Waals surface area contributed by atoms with Crippen molar-refractivity contribution in [3.8, 4) is 11.5 Å². The number of ether oxygens (including phenoxy) is 1. The van der Waals surface area contributed by atoms with Crippen LogP contribution in [0.15, 0.2) is 12.1 Å². The summed E-state index contributed by atoms with van der Waals surface area (Å²) >= 11 is 0. The Hall–Kier alpha value is -1.22. The van der Waals surface area contributed by atoms with Crippen molar-refractivity contribution in [1.82, 2.24) is 4.90 Å². The highest BCUT2D eigenvalue weighted by atomic mass is 16.5. The van der Waals surface area contributed by atoms with Gasteiger partial charge in [0, 0.05) is 17.0 Å². The zero-order chi connectivity index (χ0) is 14.6. The number of phenolic OH excluding ortho intramolecular Hbond substituents is 1. The predicted octanol–water partition coefficient (Wildman–Crippen LogP) is 3.09. The summed E-state index contributed by atoms with van der Waals surface area (Å²) in [5, 5.41) is 10.8. The molecule has 1 aliphatic heterocycles. The molecule has 1 saturated heterocycles. The summed E-state index contributed by atoms with van der Waals surface area (Å²) in [6.07, 6.45) is 7.44. The van der Waals surface area contributed by atoms with E-state index in [0.717, 1.165) is 13.0 Å². The van der Waals surface area contributed by atoms with Crippen molar-refractivity contribution < 1.29 is 9.84 Å². The molecule has 3 heteroatoms. The molecule has 3 nitrogen and oxygen atoms in total. The van der Waals surface area contributed by atoms with E-state index in [1.54, 1.807) is 7.11 Å². The molecule has 114 valence electrons. The Morgan fingerprint density at radius 3 is 2.95 bits per heavy atom. The second kappa shape index (κ2) is 4.64. The highest BCUT2D eigenvalue weighted by Gasteiger charge is 2.54. The third-order valence-corrected chi connectivity index (χ3v) is 6.41. The minimum atomic E-state index is 0.196. The third kappa shape index (κ3) is 1.70. The molecule has 2 fully saturated rings. The number of nitrogens with zero attached hydrogens (tertiary/aromatic N) is 1. The Kier molecular flexibility index (Phi) is 2.97. The van der Waals surface area contributed by atoms with E-state index < -0.39 is 0 Å². The topological polar surface area (TPSA) is 32.7 Å². The van der Waals surface area contributed by atoms with Crippen LogP contribution in [0.2, 0.25) is 0 Å². The van der Waals surface area contributed by atoms with E-state index in [0.29, 0.717) is 23.5 Å². The minimum absolute atomic E-state index is 0.196. The fourth-order valence-electron chi connectivity index (χ4n) is 5.45. The van der Waals surface area contributed by atoms with Crippen LogP contribution in [-0.2, 0) is 11.8 Å². The number of likely N-dealkylation sites (tertiary alicyclic amines) is 1. The lowest BCUT2D eigenvalue weighted by Gasteiger charge is -2.58. The fourth-order valence-corrected chi connectivity index (χ4v) is 5.45. The molecule has 0 aromatic heterocycles. The lowest BCUT2D eigenvalue weighted by atomic mass is 9.52. The molecule has 4 rings (SSSR count). The van der Waals surface area contributed by atoms with Crippen LogP contribution in [0.4, 0.5) is 0 Å². The Balaban J connectivity index is 1.93. The van der Waals surface area contributed by atoms with Gasteiger partial charge in [-0.1, -0.05) is 18.9 Å². The SMILES string of the molecule is COc1ccc2c(c1O)[C@]13CCCC[C@@H]1[C@H](C2)N(C)CC3. The number of hydrogen-bond donors (Lipinski definition) is 1. The van der Waals surface area contributed by atoms with E-state index >= 15 is 0 Å². The van der Waals surface area contributed by atoms with Gasteiger partial charge < -0.3 is 14.7 Å². The van der Waals surface area contributed by atoms with E-state index in [1.807, 2.05) is 6.07 Å². The molecular formula is C18H25NO2. The van der Waals surface area contributed by atoms with Gasteiger partial charge in [-0.2, -0.15) is 0 Å². The summed E-state index contributed by atoms with van der Waals surface area (Å²) in [5.41, 5.74) is 2.78. The highest BCUT2D eigenvalue weighted by molar-refractivity contribution is 5.56. The summed E-state index contributed by atoms with van der Waals surface area (Å²) in [6, 6.07) is 4.77. The van der Waals surface area contributed by atoms with Crippen LogP contribution in [0.3, 0.4) is 0 Å². The summed E-state index contributed by atoms with van der Waals surface area (Å²) in [6.45, 7) is 1.15. The van der Waals surface area contributed by atoms with Gasteiger partial charge >= 0.3 is 0 Å². The number of aromatic hydroxyl groups is 1. The highest BCUT2D eigenvalue weighted by Crippen LogP contribution is 2.58. The second-order valence-corrected chi connectivity index (χ2v) is 7.16. The molecule has 2 bridgehead atoms. The first-order valence-electron chi connectivity index (χ1n) is 8.27. The first-order chi connectivity index (χ1) is 10.2. The van der Waals surface area contributed by atoms with Crippen LogP contribution >= 0.6 is 0 Å². The molecule has 0 unspecified atom stereocenters. The average molecular weight is 287 g/mol. The van der Waals surface area contributed by atoms with Crippen LogP contribution in [0.5, 0.6) is 11.5 Å². The molecule has 0 radical (unpaired) electrons. The maximum Gasteiger partial charge on any atom is 0.161 e. The largest absolute Gasteiger partial charge is 0.504 e. The zero-order valence-corrected chi connectivity index (χ0v) is 13.1. The van der Waals surface area contributed by atoms with Crippen molar-refractivity contribution in [2.24, 2.45) is 5.92 Å². The molecule has 0 amide bonds. The Bertz CT molecular complexity index is 571. The van der Waals surface area contributed by atoms with Gasteiger partial charge in [-0.15, -0.1) is 0 Å². The van der Waals surface area contributed by atoms with Gasteiger partial charge in [-0.05, 0) is 56.8 Å². The molecule has 1 heterocycles. The number of methoxy groups -OCH3 is 1. The molecule has 0 spiro atoms. The summed E-state index contributed by atoms with van der Waals surface area (Å²) in [7, 11) is 3.93. The van der Waals surface area contributed by atoms with Crippen molar-refractivity contribution in [1.29, 1.82) is 0 Å². The number of hydrogen-bond acceptors (Lipinski definition) is 3. The third-order valence-electron chi connectivity index (χ3n) is 6.41. The summed E-state index contributed by atoms with van der Waals surface area (Å²) < 4.78 is 5.39. The Morgan fingerprint density at radius 1 is 1.29 bits per heavy atom. The number of rotatable bonds is 1. The average Bonchev–Trinajstić information content (AvgIpc) is 2.51. The van der Waals surface area contributed by atoms with Crippen LogP contribution in [-0.4, -0.2) is 36.8 Å². The minimum Gasteiger partial charge on any atom is -0.504 e. The van der Waals surface area contributed by atoms with E-state index in [2.05, 4.69) is 18.0 Å². The lowest BCUT2D eigenvalue weighted by molar-refractivity contribution is 0.00132. The van der Waals surface area contributed by atoms with Gasteiger partial charge in [0.1, 0.15) is 0 Å². The standard InChI is InChI=1S/C18H25NO2/c1-19-10-9-18-8-4-3-5-13(18)14(19)11-12-6-7-15(21-2)17(20)16(12)18/h6-7,13-14,20H,3-5,8-11H2,1-2H3/t13-,14+,18+/m1/s1. The van der Waals surface area contributed by atoms with E-state index in [-0.39, 0.29) is 5.41 Å². The van der Waals surface area contributed by atoms with E-state index in [4.69, 9.17) is 4.74 Å². The maximum absolute atomic E-state index is 10.8. The summed E-state index contributed by atoms with van der Waals surface area (Å²) in [5.74, 6) is 1.77. The quantitative estimate of drug-likeness (QED) is 0.861. The monoisotopic (exact) mass is 287 g/mol. The van der Waals surface area contributed by atoms with Crippen molar-refractivity contribution in [3.05, 3.63) is 23.3 Å².